The zero-order valence-corrected chi connectivity index (χ0v) is 11.4. The van der Waals surface area contributed by atoms with Crippen LogP contribution in [0.1, 0.15) is 23.0 Å². The number of hydrogen-bond acceptors (Lipinski definition) is 5. The van der Waals surface area contributed by atoms with E-state index in [0.717, 1.165) is 5.56 Å². The van der Waals surface area contributed by atoms with E-state index in [0.29, 0.717) is 17.8 Å². The standard InChI is InChI=1S/C14H17N3O3/c1-8(5-10-3-4-12(18)13(19)6-10)14(20)17-9(2)11(15)7-16-17/h3-4,6-8,18-19H,5,15H2,1-2H3. The van der Waals surface area contributed by atoms with Crippen molar-refractivity contribution in [2.45, 2.75) is 20.3 Å². The molecule has 0 aliphatic heterocycles. The van der Waals surface area contributed by atoms with E-state index in [1.165, 1.54) is 23.0 Å². The predicted octanol–water partition coefficient (Wildman–Crippen LogP) is 1.70. The highest BCUT2D eigenvalue weighted by molar-refractivity contribution is 5.82. The van der Waals surface area contributed by atoms with E-state index >= 15 is 0 Å². The van der Waals surface area contributed by atoms with Gasteiger partial charge in [0.25, 0.3) is 0 Å². The molecule has 1 aromatic carbocycles. The number of rotatable bonds is 3. The molecule has 1 atom stereocenters. The number of hydrogen-bond donors (Lipinski definition) is 3. The van der Waals surface area contributed by atoms with Gasteiger partial charge in [0.15, 0.2) is 11.5 Å². The number of phenols is 2. The fourth-order valence-electron chi connectivity index (χ4n) is 1.99. The second-order valence-corrected chi connectivity index (χ2v) is 4.86. The Morgan fingerprint density at radius 3 is 2.65 bits per heavy atom. The molecule has 0 aliphatic carbocycles. The van der Waals surface area contributed by atoms with Gasteiger partial charge in [-0.1, -0.05) is 13.0 Å². The van der Waals surface area contributed by atoms with Crippen LogP contribution in [-0.4, -0.2) is 25.9 Å². The molecule has 2 rings (SSSR count). The normalized spacial score (nSPS) is 12.3. The van der Waals surface area contributed by atoms with Crippen molar-refractivity contribution in [2.75, 3.05) is 5.73 Å². The minimum atomic E-state index is -0.322. The summed E-state index contributed by atoms with van der Waals surface area (Å²) in [6.45, 7) is 3.52. The van der Waals surface area contributed by atoms with E-state index in [1.54, 1.807) is 19.9 Å². The van der Waals surface area contributed by atoms with Gasteiger partial charge in [0.05, 0.1) is 17.6 Å². The van der Waals surface area contributed by atoms with E-state index in [9.17, 15) is 15.0 Å². The van der Waals surface area contributed by atoms with Crippen LogP contribution in [0.4, 0.5) is 5.69 Å². The Morgan fingerprint density at radius 2 is 2.10 bits per heavy atom. The number of anilines is 1. The lowest BCUT2D eigenvalue weighted by molar-refractivity contribution is 0.0825. The van der Waals surface area contributed by atoms with E-state index in [2.05, 4.69) is 5.10 Å². The number of carbonyl (C=O) groups excluding carboxylic acids is 1. The summed E-state index contributed by atoms with van der Waals surface area (Å²) in [5, 5.41) is 22.7. The molecule has 106 valence electrons. The van der Waals surface area contributed by atoms with Crippen LogP contribution in [-0.2, 0) is 6.42 Å². The zero-order valence-electron chi connectivity index (χ0n) is 11.4. The molecule has 0 saturated heterocycles. The van der Waals surface area contributed by atoms with Crippen LogP contribution in [0.25, 0.3) is 0 Å². The lowest BCUT2D eigenvalue weighted by Gasteiger charge is -2.12. The SMILES string of the molecule is Cc1c(N)cnn1C(=O)C(C)Cc1ccc(O)c(O)c1. The van der Waals surface area contributed by atoms with E-state index in [4.69, 9.17) is 5.73 Å². The van der Waals surface area contributed by atoms with Crippen molar-refractivity contribution in [3.05, 3.63) is 35.7 Å². The van der Waals surface area contributed by atoms with Crippen LogP contribution >= 0.6 is 0 Å². The summed E-state index contributed by atoms with van der Waals surface area (Å²) in [5.74, 6) is -0.853. The Balaban J connectivity index is 2.15. The molecule has 1 unspecified atom stereocenters. The highest BCUT2D eigenvalue weighted by atomic mass is 16.3. The Labute approximate surface area is 116 Å². The van der Waals surface area contributed by atoms with Crippen LogP contribution in [0.2, 0.25) is 0 Å². The quantitative estimate of drug-likeness (QED) is 0.740. The summed E-state index contributed by atoms with van der Waals surface area (Å²) in [7, 11) is 0. The van der Waals surface area contributed by atoms with Crippen LogP contribution in [0, 0.1) is 12.8 Å². The zero-order chi connectivity index (χ0) is 14.9. The maximum absolute atomic E-state index is 12.3. The third-order valence-electron chi connectivity index (χ3n) is 3.26. The number of phenolic OH excluding ortho intramolecular Hbond substituents is 2. The molecular formula is C14H17N3O3. The number of nitrogen functional groups attached to an aromatic ring is 1. The number of aromatic hydroxyl groups is 2. The van der Waals surface area contributed by atoms with Gasteiger partial charge in [-0.2, -0.15) is 5.10 Å². The van der Waals surface area contributed by atoms with Gasteiger partial charge >= 0.3 is 0 Å². The molecule has 0 aliphatic rings. The fourth-order valence-corrected chi connectivity index (χ4v) is 1.99. The maximum Gasteiger partial charge on any atom is 0.250 e. The van der Waals surface area contributed by atoms with Gasteiger partial charge in [-0.05, 0) is 31.0 Å². The van der Waals surface area contributed by atoms with Gasteiger partial charge in [-0.15, -0.1) is 0 Å². The molecule has 2 aromatic rings. The van der Waals surface area contributed by atoms with Crippen molar-refractivity contribution in [1.29, 1.82) is 0 Å². The second kappa shape index (κ2) is 5.24. The monoisotopic (exact) mass is 275 g/mol. The first-order chi connectivity index (χ1) is 9.40. The van der Waals surface area contributed by atoms with E-state index in [1.807, 2.05) is 0 Å². The number of nitrogens with two attached hydrogens (primary N) is 1. The average Bonchev–Trinajstić information content (AvgIpc) is 2.73. The van der Waals surface area contributed by atoms with Crippen molar-refractivity contribution in [3.63, 3.8) is 0 Å². The van der Waals surface area contributed by atoms with Crippen molar-refractivity contribution < 1.29 is 15.0 Å². The van der Waals surface area contributed by atoms with Gasteiger partial charge in [-0.3, -0.25) is 4.79 Å². The summed E-state index contributed by atoms with van der Waals surface area (Å²) < 4.78 is 1.29. The summed E-state index contributed by atoms with van der Waals surface area (Å²) in [6.07, 6.45) is 1.89. The Morgan fingerprint density at radius 1 is 1.40 bits per heavy atom. The number of carbonyl (C=O) groups is 1. The van der Waals surface area contributed by atoms with Gasteiger partial charge in [-0.25, -0.2) is 4.68 Å². The van der Waals surface area contributed by atoms with E-state index in [-0.39, 0.29) is 23.3 Å². The maximum atomic E-state index is 12.3. The molecule has 6 nitrogen and oxygen atoms in total. The molecular weight excluding hydrogens is 258 g/mol. The molecule has 0 fully saturated rings. The molecule has 4 N–H and O–H groups in total. The highest BCUT2D eigenvalue weighted by Gasteiger charge is 2.19. The van der Waals surface area contributed by atoms with Crippen LogP contribution in [0.5, 0.6) is 11.5 Å². The average molecular weight is 275 g/mol. The van der Waals surface area contributed by atoms with Gasteiger partial charge in [0, 0.05) is 5.92 Å². The summed E-state index contributed by atoms with van der Waals surface area (Å²) in [6, 6.07) is 4.52. The summed E-state index contributed by atoms with van der Waals surface area (Å²) in [5.41, 5.74) is 7.53. The molecule has 1 aromatic heterocycles. The van der Waals surface area contributed by atoms with Crippen molar-refractivity contribution in [2.24, 2.45) is 5.92 Å². The Hall–Kier alpha value is -2.50. The minimum absolute atomic E-state index is 0.160. The highest BCUT2D eigenvalue weighted by Crippen LogP contribution is 2.26. The van der Waals surface area contributed by atoms with Crippen molar-refractivity contribution in [3.8, 4) is 11.5 Å². The second-order valence-electron chi connectivity index (χ2n) is 4.86. The van der Waals surface area contributed by atoms with E-state index < -0.39 is 0 Å². The smallest absolute Gasteiger partial charge is 0.250 e. The molecule has 0 saturated carbocycles. The first-order valence-corrected chi connectivity index (χ1v) is 6.25. The fraction of sp³-hybridized carbons (Fsp3) is 0.286. The predicted molar refractivity (Wildman–Crippen MR) is 74.6 cm³/mol. The van der Waals surface area contributed by atoms with Crippen molar-refractivity contribution in [1.82, 2.24) is 9.78 Å². The molecule has 20 heavy (non-hydrogen) atoms. The van der Waals surface area contributed by atoms with Crippen molar-refractivity contribution >= 4 is 11.6 Å². The number of aromatic nitrogens is 2. The lowest BCUT2D eigenvalue weighted by atomic mass is 10.00. The summed E-state index contributed by atoms with van der Waals surface area (Å²) in [4.78, 5) is 12.3. The minimum Gasteiger partial charge on any atom is -0.504 e. The first-order valence-electron chi connectivity index (χ1n) is 6.25. The molecule has 0 amide bonds. The third kappa shape index (κ3) is 2.59. The lowest BCUT2D eigenvalue weighted by Crippen LogP contribution is -2.23. The van der Waals surface area contributed by atoms with Gasteiger partial charge in [0.2, 0.25) is 5.91 Å². The number of nitrogens with zero attached hydrogens (tertiary/aromatic N) is 2. The third-order valence-corrected chi connectivity index (χ3v) is 3.26. The summed E-state index contributed by atoms with van der Waals surface area (Å²) >= 11 is 0. The number of benzene rings is 1. The Bertz CT molecular complexity index is 649. The van der Waals surface area contributed by atoms with Crippen LogP contribution in [0.3, 0.4) is 0 Å². The first kappa shape index (κ1) is 13.9. The molecule has 1 heterocycles. The molecule has 0 spiro atoms. The molecule has 6 heteroatoms. The molecule has 0 radical (unpaired) electrons. The Kier molecular flexibility index (Phi) is 3.65. The largest absolute Gasteiger partial charge is 0.504 e. The van der Waals surface area contributed by atoms with Gasteiger partial charge in [0.1, 0.15) is 0 Å². The van der Waals surface area contributed by atoms with Crippen LogP contribution in [0.15, 0.2) is 24.4 Å². The topological polar surface area (TPSA) is 101 Å². The molecule has 0 bridgehead atoms. The van der Waals surface area contributed by atoms with Crippen LogP contribution < -0.4 is 5.73 Å². The van der Waals surface area contributed by atoms with Gasteiger partial charge < -0.3 is 15.9 Å².